The van der Waals surface area contributed by atoms with E-state index in [1.54, 1.807) is 11.3 Å². The molecule has 2 amide bonds. The zero-order chi connectivity index (χ0) is 24.6. The molecule has 2 heterocycles. The van der Waals surface area contributed by atoms with Crippen LogP contribution in [-0.4, -0.2) is 54.4 Å². The Balaban J connectivity index is 1.33. The van der Waals surface area contributed by atoms with Crippen molar-refractivity contribution in [1.29, 1.82) is 5.26 Å². The predicted molar refractivity (Wildman–Crippen MR) is 138 cm³/mol. The number of nitriles is 1. The minimum Gasteiger partial charge on any atom is -0.490 e. The summed E-state index contributed by atoms with van der Waals surface area (Å²) in [6.07, 6.45) is 12.1. The number of hydrogen-bond donors (Lipinski definition) is 1. The molecule has 0 spiro atoms. The van der Waals surface area contributed by atoms with Crippen molar-refractivity contribution in [3.8, 4) is 22.4 Å². The zero-order valence-electron chi connectivity index (χ0n) is 20.3. The Morgan fingerprint density at radius 3 is 3.00 bits per heavy atom. The summed E-state index contributed by atoms with van der Waals surface area (Å²) in [4.78, 5) is 20.1. The van der Waals surface area contributed by atoms with Gasteiger partial charge in [-0.3, -0.25) is 0 Å². The Bertz CT molecular complexity index is 1130. The summed E-state index contributed by atoms with van der Waals surface area (Å²) in [6.45, 7) is 6.42. The Morgan fingerprint density at radius 2 is 2.23 bits per heavy atom. The van der Waals surface area contributed by atoms with Crippen LogP contribution in [-0.2, 0) is 11.2 Å². The average Bonchev–Trinajstić information content (AvgIpc) is 3.52. The van der Waals surface area contributed by atoms with E-state index in [1.165, 1.54) is 5.57 Å². The molecule has 2 aromatic rings. The van der Waals surface area contributed by atoms with Crippen molar-refractivity contribution in [3.05, 3.63) is 58.6 Å². The lowest BCUT2D eigenvalue weighted by molar-refractivity contribution is 0.0528. The third-order valence-corrected chi connectivity index (χ3v) is 7.10. The summed E-state index contributed by atoms with van der Waals surface area (Å²) in [5, 5.41) is 13.6. The molecule has 35 heavy (non-hydrogen) atoms. The summed E-state index contributed by atoms with van der Waals surface area (Å²) in [5.41, 5.74) is 2.72. The first-order valence-corrected chi connectivity index (χ1v) is 13.0. The summed E-state index contributed by atoms with van der Waals surface area (Å²) in [5.74, 6) is 0.602. The van der Waals surface area contributed by atoms with Gasteiger partial charge in [-0.05, 0) is 56.9 Å². The standard InChI is InChI=1S/C27H32N4O3S/c1-19(2)34-25-11-10-21(16-22(25)17-28)26-29-18-23(35-26)8-4-3-6-20-7-5-9-24(20)30-27(32)31-12-14-33-15-13-31/h3-4,6,10-11,16,18-19,24H,5,7-9,12-15H2,1-2H3,(H,30,32). The predicted octanol–water partition coefficient (Wildman–Crippen LogP) is 5.09. The van der Waals surface area contributed by atoms with Gasteiger partial charge in [-0.1, -0.05) is 18.2 Å². The number of urea groups is 1. The molecule has 1 aliphatic carbocycles. The summed E-state index contributed by atoms with van der Waals surface area (Å²) in [7, 11) is 0. The second-order valence-corrected chi connectivity index (χ2v) is 10.1. The normalized spacial score (nSPS) is 19.4. The van der Waals surface area contributed by atoms with Crippen LogP contribution in [0.2, 0.25) is 0 Å². The van der Waals surface area contributed by atoms with Crippen molar-refractivity contribution in [1.82, 2.24) is 15.2 Å². The molecule has 1 aromatic heterocycles. The lowest BCUT2D eigenvalue weighted by Crippen LogP contribution is -2.49. The number of nitrogens with one attached hydrogen (secondary N) is 1. The molecule has 1 N–H and O–H groups in total. The number of hydrogen-bond acceptors (Lipinski definition) is 6. The number of carbonyl (C=O) groups excluding carboxylic acids is 1. The van der Waals surface area contributed by atoms with Crippen LogP contribution in [0.15, 0.2) is 48.2 Å². The van der Waals surface area contributed by atoms with E-state index in [1.807, 2.05) is 43.1 Å². The fourth-order valence-corrected chi connectivity index (χ4v) is 5.14. The molecule has 7 nitrogen and oxygen atoms in total. The maximum Gasteiger partial charge on any atom is 0.318 e. The second kappa shape index (κ2) is 12.0. The highest BCUT2D eigenvalue weighted by Crippen LogP contribution is 2.30. The molecule has 2 aliphatic rings. The number of morpholine rings is 1. The van der Waals surface area contributed by atoms with E-state index < -0.39 is 0 Å². The van der Waals surface area contributed by atoms with Gasteiger partial charge in [0.25, 0.3) is 0 Å². The number of amides is 2. The van der Waals surface area contributed by atoms with Gasteiger partial charge in [0.1, 0.15) is 16.8 Å². The van der Waals surface area contributed by atoms with Gasteiger partial charge in [0, 0.05) is 36.1 Å². The largest absolute Gasteiger partial charge is 0.490 e. The van der Waals surface area contributed by atoms with Crippen LogP contribution in [0.3, 0.4) is 0 Å². The lowest BCUT2D eigenvalue weighted by atomic mass is 10.1. The van der Waals surface area contributed by atoms with Gasteiger partial charge in [-0.25, -0.2) is 9.78 Å². The van der Waals surface area contributed by atoms with Gasteiger partial charge < -0.3 is 19.7 Å². The van der Waals surface area contributed by atoms with E-state index in [2.05, 4.69) is 34.6 Å². The maximum atomic E-state index is 12.5. The first kappa shape index (κ1) is 25.0. The average molecular weight is 493 g/mol. The number of benzene rings is 1. The number of nitrogens with zero attached hydrogens (tertiary/aromatic N) is 3. The van der Waals surface area contributed by atoms with Crippen molar-refractivity contribution in [2.45, 2.75) is 51.7 Å². The fourth-order valence-electron chi connectivity index (χ4n) is 4.26. The van der Waals surface area contributed by atoms with Crippen LogP contribution in [0.4, 0.5) is 4.79 Å². The van der Waals surface area contributed by atoms with E-state index in [0.29, 0.717) is 37.6 Å². The van der Waals surface area contributed by atoms with Crippen LogP contribution in [0, 0.1) is 11.3 Å². The molecule has 8 heteroatoms. The van der Waals surface area contributed by atoms with E-state index >= 15 is 0 Å². The first-order valence-electron chi connectivity index (χ1n) is 12.2. The van der Waals surface area contributed by atoms with Crippen molar-refractivity contribution in [2.24, 2.45) is 0 Å². The third-order valence-electron chi connectivity index (χ3n) is 6.03. The molecule has 1 atom stereocenters. The Morgan fingerprint density at radius 1 is 1.40 bits per heavy atom. The van der Waals surface area contributed by atoms with Crippen molar-refractivity contribution in [3.63, 3.8) is 0 Å². The van der Waals surface area contributed by atoms with Gasteiger partial charge in [-0.2, -0.15) is 5.26 Å². The Hall–Kier alpha value is -3.15. The van der Waals surface area contributed by atoms with Gasteiger partial charge in [0.05, 0.1) is 30.9 Å². The highest BCUT2D eigenvalue weighted by molar-refractivity contribution is 7.15. The van der Waals surface area contributed by atoms with Gasteiger partial charge in [-0.15, -0.1) is 11.3 Å². The number of thiazole rings is 1. The van der Waals surface area contributed by atoms with Crippen LogP contribution in [0.25, 0.3) is 10.6 Å². The van der Waals surface area contributed by atoms with E-state index in [9.17, 15) is 10.1 Å². The first-order chi connectivity index (χ1) is 17.0. The molecule has 1 unspecified atom stereocenters. The summed E-state index contributed by atoms with van der Waals surface area (Å²) in [6, 6.07) is 7.98. The number of carbonyl (C=O) groups is 1. The van der Waals surface area contributed by atoms with Crippen LogP contribution in [0.5, 0.6) is 5.75 Å². The van der Waals surface area contributed by atoms with Gasteiger partial charge >= 0.3 is 6.03 Å². The minimum absolute atomic E-state index is 0.00984. The van der Waals surface area contributed by atoms with Crippen LogP contribution < -0.4 is 10.1 Å². The van der Waals surface area contributed by atoms with E-state index in [4.69, 9.17) is 9.47 Å². The smallest absolute Gasteiger partial charge is 0.318 e. The third kappa shape index (κ3) is 6.71. The molecule has 1 saturated carbocycles. The number of aromatic nitrogens is 1. The molecule has 0 radical (unpaired) electrons. The highest BCUT2D eigenvalue weighted by Gasteiger charge is 2.25. The molecule has 1 aliphatic heterocycles. The SMILES string of the molecule is CC(C)Oc1ccc(-c2ncc(CC=CC=C3CCCC3NC(=O)N3CCOCC3)s2)cc1C#N. The van der Waals surface area contributed by atoms with Crippen molar-refractivity contribution < 1.29 is 14.3 Å². The number of rotatable bonds is 7. The highest BCUT2D eigenvalue weighted by atomic mass is 32.1. The zero-order valence-corrected chi connectivity index (χ0v) is 21.1. The quantitative estimate of drug-likeness (QED) is 0.582. The van der Waals surface area contributed by atoms with E-state index in [-0.39, 0.29) is 18.2 Å². The number of allylic oxidation sites excluding steroid dienone is 3. The lowest BCUT2D eigenvalue weighted by Gasteiger charge is -2.28. The Kier molecular flexibility index (Phi) is 8.56. The molecule has 184 valence electrons. The van der Waals surface area contributed by atoms with Crippen molar-refractivity contribution in [2.75, 3.05) is 26.3 Å². The number of ether oxygens (including phenoxy) is 2. The Labute approximate surface area is 211 Å². The van der Waals surface area contributed by atoms with Crippen molar-refractivity contribution >= 4 is 17.4 Å². The second-order valence-electron chi connectivity index (χ2n) is 8.99. The fraction of sp³-hybridized carbons (Fsp3) is 0.444. The topological polar surface area (TPSA) is 87.5 Å². The van der Waals surface area contributed by atoms with Gasteiger partial charge in [0.15, 0.2) is 0 Å². The summed E-state index contributed by atoms with van der Waals surface area (Å²) >= 11 is 1.63. The monoisotopic (exact) mass is 492 g/mol. The minimum atomic E-state index is 0.00984. The van der Waals surface area contributed by atoms with Crippen LogP contribution in [0.1, 0.15) is 43.6 Å². The molecule has 4 rings (SSSR count). The molecule has 1 aromatic carbocycles. The van der Waals surface area contributed by atoms with Gasteiger partial charge in [0.2, 0.25) is 0 Å². The molecular weight excluding hydrogens is 460 g/mol. The van der Waals surface area contributed by atoms with E-state index in [0.717, 1.165) is 41.1 Å². The van der Waals surface area contributed by atoms with Crippen LogP contribution >= 0.6 is 11.3 Å². The maximum absolute atomic E-state index is 12.5. The molecular formula is C27H32N4O3S. The summed E-state index contributed by atoms with van der Waals surface area (Å²) < 4.78 is 11.0. The molecule has 0 bridgehead atoms. The molecule has 2 fully saturated rings. The molecule has 1 saturated heterocycles.